The minimum absolute atomic E-state index is 0.151. The minimum atomic E-state index is -3.59. The molecule has 0 aliphatic carbocycles. The Morgan fingerprint density at radius 1 is 0.893 bits per heavy atom. The summed E-state index contributed by atoms with van der Waals surface area (Å²) in [5.41, 5.74) is 1.41. The average Bonchev–Trinajstić information content (AvgIpc) is 2.70. The van der Waals surface area contributed by atoms with Crippen molar-refractivity contribution in [3.05, 3.63) is 78.4 Å². The van der Waals surface area contributed by atoms with Crippen molar-refractivity contribution in [3.8, 4) is 22.6 Å². The maximum absolute atomic E-state index is 12.6. The number of carboxylic acid groups (broad SMARTS) is 1. The fourth-order valence-corrected chi connectivity index (χ4v) is 3.79. The third-order valence-corrected chi connectivity index (χ3v) is 5.80. The molecule has 2 N–H and O–H groups in total. The molecule has 0 atom stereocenters. The predicted molar refractivity (Wildman–Crippen MR) is 104 cm³/mol. The third-order valence-electron chi connectivity index (χ3n) is 4.12. The summed E-state index contributed by atoms with van der Waals surface area (Å²) < 4.78 is 30.6. The predicted octanol–water partition coefficient (Wildman–Crippen LogP) is 3.61. The van der Waals surface area contributed by atoms with E-state index in [2.05, 4.69) is 0 Å². The van der Waals surface area contributed by atoms with Gasteiger partial charge in [-0.1, -0.05) is 42.5 Å². The van der Waals surface area contributed by atoms with Crippen molar-refractivity contribution >= 4 is 15.8 Å². The van der Waals surface area contributed by atoms with Crippen LogP contribution in [-0.2, 0) is 9.84 Å². The molecule has 0 saturated carbocycles. The first kappa shape index (κ1) is 19.4. The van der Waals surface area contributed by atoms with E-state index in [-0.39, 0.29) is 34.3 Å². The number of phenols is 1. The van der Waals surface area contributed by atoms with Crippen LogP contribution in [0.15, 0.2) is 77.7 Å². The minimum Gasteiger partial charge on any atom is -0.507 e. The number of carboxylic acids is 1. The van der Waals surface area contributed by atoms with Crippen LogP contribution in [0.2, 0.25) is 0 Å². The van der Waals surface area contributed by atoms with Crippen LogP contribution in [0.25, 0.3) is 11.1 Å². The summed E-state index contributed by atoms with van der Waals surface area (Å²) in [4.78, 5) is 11.2. The number of hydrogen-bond acceptors (Lipinski definition) is 5. The number of carbonyl (C=O) groups is 1. The van der Waals surface area contributed by atoms with E-state index in [0.717, 1.165) is 17.2 Å². The van der Waals surface area contributed by atoms with Gasteiger partial charge in [0.2, 0.25) is 0 Å². The lowest BCUT2D eigenvalue weighted by Gasteiger charge is -2.10. The highest BCUT2D eigenvalue weighted by Crippen LogP contribution is 2.24. The van der Waals surface area contributed by atoms with Crippen LogP contribution in [0, 0.1) is 0 Å². The molecule has 0 radical (unpaired) electrons. The van der Waals surface area contributed by atoms with E-state index in [4.69, 9.17) is 9.84 Å². The maximum atomic E-state index is 12.6. The van der Waals surface area contributed by atoms with Gasteiger partial charge in [-0.15, -0.1) is 0 Å². The molecule has 0 saturated heterocycles. The molecule has 3 rings (SSSR count). The van der Waals surface area contributed by atoms with E-state index in [0.29, 0.717) is 0 Å². The van der Waals surface area contributed by atoms with E-state index in [1.807, 2.05) is 36.4 Å². The topological polar surface area (TPSA) is 101 Å². The van der Waals surface area contributed by atoms with Crippen LogP contribution < -0.4 is 4.74 Å². The number of benzene rings is 3. The molecule has 3 aromatic rings. The van der Waals surface area contributed by atoms with Gasteiger partial charge < -0.3 is 14.9 Å². The van der Waals surface area contributed by atoms with Gasteiger partial charge in [0.05, 0.1) is 10.6 Å². The summed E-state index contributed by atoms with van der Waals surface area (Å²) in [7, 11) is -3.59. The maximum Gasteiger partial charge on any atom is 0.339 e. The molecule has 7 heteroatoms. The SMILES string of the molecule is O=C(O)c1cc(OCCS(=O)(=O)c2cccc(-c3ccccc3)c2)ccc1O. The van der Waals surface area contributed by atoms with Crippen molar-refractivity contribution in [3.63, 3.8) is 0 Å². The Balaban J connectivity index is 1.71. The van der Waals surface area contributed by atoms with E-state index in [1.54, 1.807) is 12.1 Å². The van der Waals surface area contributed by atoms with Crippen LogP contribution in [-0.4, -0.2) is 37.0 Å². The molecular formula is C21H18O6S. The Labute approximate surface area is 162 Å². The van der Waals surface area contributed by atoms with Crippen LogP contribution in [0.5, 0.6) is 11.5 Å². The number of aromatic carboxylic acids is 1. The van der Waals surface area contributed by atoms with E-state index in [1.165, 1.54) is 18.2 Å². The largest absolute Gasteiger partial charge is 0.507 e. The molecule has 0 fully saturated rings. The smallest absolute Gasteiger partial charge is 0.339 e. The Morgan fingerprint density at radius 3 is 2.32 bits per heavy atom. The molecule has 0 aromatic heterocycles. The zero-order chi connectivity index (χ0) is 20.1. The van der Waals surface area contributed by atoms with E-state index in [9.17, 15) is 18.3 Å². The number of ether oxygens (including phenoxy) is 1. The van der Waals surface area contributed by atoms with Crippen molar-refractivity contribution in [1.29, 1.82) is 0 Å². The standard InChI is InChI=1S/C21H18O6S/c22-20-10-9-17(14-19(20)21(23)24)27-11-12-28(25,26)18-8-4-7-16(13-18)15-5-2-1-3-6-15/h1-10,13-14,22H,11-12H2,(H,23,24). The summed E-state index contributed by atoms with van der Waals surface area (Å²) in [6, 6.07) is 19.9. The molecule has 0 heterocycles. The number of rotatable bonds is 7. The molecule has 28 heavy (non-hydrogen) atoms. The fourth-order valence-electron chi connectivity index (χ4n) is 2.66. The molecule has 0 bridgehead atoms. The molecular weight excluding hydrogens is 380 g/mol. The second-order valence-electron chi connectivity index (χ2n) is 6.05. The van der Waals surface area contributed by atoms with Crippen molar-refractivity contribution in [2.24, 2.45) is 0 Å². The highest BCUT2D eigenvalue weighted by Gasteiger charge is 2.16. The van der Waals surface area contributed by atoms with Crippen LogP contribution in [0.1, 0.15) is 10.4 Å². The summed E-state index contributed by atoms with van der Waals surface area (Å²) in [6.07, 6.45) is 0. The van der Waals surface area contributed by atoms with Crippen molar-refractivity contribution < 1.29 is 28.2 Å². The monoisotopic (exact) mass is 398 g/mol. The first-order valence-electron chi connectivity index (χ1n) is 8.44. The second kappa shape index (κ2) is 8.14. The summed E-state index contributed by atoms with van der Waals surface area (Å²) in [5.74, 6) is -1.78. The Morgan fingerprint density at radius 2 is 1.61 bits per heavy atom. The highest BCUT2D eigenvalue weighted by molar-refractivity contribution is 7.91. The molecule has 0 aliphatic rings. The molecule has 0 spiro atoms. The average molecular weight is 398 g/mol. The molecule has 0 aliphatic heterocycles. The van der Waals surface area contributed by atoms with E-state index >= 15 is 0 Å². The first-order valence-corrected chi connectivity index (χ1v) is 10.1. The first-order chi connectivity index (χ1) is 13.4. The summed E-state index contributed by atoms with van der Waals surface area (Å²) >= 11 is 0. The normalized spacial score (nSPS) is 11.1. The van der Waals surface area contributed by atoms with Crippen LogP contribution >= 0.6 is 0 Å². The van der Waals surface area contributed by atoms with Gasteiger partial charge in [0.25, 0.3) is 0 Å². The lowest BCUT2D eigenvalue weighted by molar-refractivity contribution is 0.0693. The zero-order valence-corrected chi connectivity index (χ0v) is 15.6. The van der Waals surface area contributed by atoms with Crippen LogP contribution in [0.3, 0.4) is 0 Å². The molecule has 0 amide bonds. The molecule has 3 aromatic carbocycles. The van der Waals surface area contributed by atoms with Crippen molar-refractivity contribution in [2.75, 3.05) is 12.4 Å². The lowest BCUT2D eigenvalue weighted by Crippen LogP contribution is -2.14. The van der Waals surface area contributed by atoms with Crippen molar-refractivity contribution in [2.45, 2.75) is 4.90 Å². The van der Waals surface area contributed by atoms with Gasteiger partial charge in [0.15, 0.2) is 9.84 Å². The Hall–Kier alpha value is -3.32. The third kappa shape index (κ3) is 4.50. The number of sulfone groups is 1. The van der Waals surface area contributed by atoms with Gasteiger partial charge in [-0.25, -0.2) is 13.2 Å². The highest BCUT2D eigenvalue weighted by atomic mass is 32.2. The van der Waals surface area contributed by atoms with E-state index < -0.39 is 15.8 Å². The zero-order valence-electron chi connectivity index (χ0n) is 14.8. The van der Waals surface area contributed by atoms with Gasteiger partial charge in [0.1, 0.15) is 23.7 Å². The van der Waals surface area contributed by atoms with Gasteiger partial charge in [-0.2, -0.15) is 0 Å². The Kier molecular flexibility index (Phi) is 5.65. The second-order valence-corrected chi connectivity index (χ2v) is 8.15. The number of hydrogen-bond donors (Lipinski definition) is 2. The van der Waals surface area contributed by atoms with Gasteiger partial charge >= 0.3 is 5.97 Å². The fraction of sp³-hybridized carbons (Fsp3) is 0.0952. The quantitative estimate of drug-likeness (QED) is 0.631. The Bertz CT molecular complexity index is 1090. The molecule has 144 valence electrons. The van der Waals surface area contributed by atoms with Crippen LogP contribution in [0.4, 0.5) is 0 Å². The van der Waals surface area contributed by atoms with Gasteiger partial charge in [-0.3, -0.25) is 0 Å². The van der Waals surface area contributed by atoms with Gasteiger partial charge in [-0.05, 0) is 41.5 Å². The molecule has 0 unspecified atom stereocenters. The van der Waals surface area contributed by atoms with Crippen molar-refractivity contribution in [1.82, 2.24) is 0 Å². The van der Waals surface area contributed by atoms with Gasteiger partial charge in [0, 0.05) is 0 Å². The molecule has 6 nitrogen and oxygen atoms in total. The summed E-state index contributed by atoms with van der Waals surface area (Å²) in [5, 5.41) is 18.5. The lowest BCUT2D eigenvalue weighted by atomic mass is 10.1. The number of aromatic hydroxyl groups is 1. The summed E-state index contributed by atoms with van der Waals surface area (Å²) in [6.45, 7) is -0.151.